The molecule has 1 heterocycles. The van der Waals surface area contributed by atoms with Crippen molar-refractivity contribution in [2.24, 2.45) is 4.99 Å². The molecule has 1 aromatic heterocycles. The predicted octanol–water partition coefficient (Wildman–Crippen LogP) is 4.82. The van der Waals surface area contributed by atoms with Gasteiger partial charge in [-0.05, 0) is 41.8 Å². The molecule has 33 heavy (non-hydrogen) atoms. The highest BCUT2D eigenvalue weighted by Crippen LogP contribution is 2.16. The van der Waals surface area contributed by atoms with Crippen molar-refractivity contribution in [3.8, 4) is 5.69 Å². The fourth-order valence-electron chi connectivity index (χ4n) is 2.91. The van der Waals surface area contributed by atoms with Crippen LogP contribution in [0, 0.1) is 0 Å². The Bertz CT molecular complexity index is 975. The summed E-state index contributed by atoms with van der Waals surface area (Å²) in [6.07, 6.45) is -0.683. The van der Waals surface area contributed by atoms with E-state index in [1.165, 1.54) is 0 Å². The number of halogens is 4. The maximum absolute atomic E-state index is 12.2. The number of ether oxygens (including phenoxy) is 1. The fraction of sp³-hybridized carbons (Fsp3) is 0.304. The summed E-state index contributed by atoms with van der Waals surface area (Å²) in [6.45, 7) is 2.45. The van der Waals surface area contributed by atoms with Crippen LogP contribution in [-0.2, 0) is 24.4 Å². The molecule has 0 saturated heterocycles. The van der Waals surface area contributed by atoms with Crippen LogP contribution in [0.3, 0.4) is 0 Å². The summed E-state index contributed by atoms with van der Waals surface area (Å²) in [7, 11) is 0. The van der Waals surface area contributed by atoms with E-state index in [0.29, 0.717) is 24.6 Å². The molecule has 6 nitrogen and oxygen atoms in total. The van der Waals surface area contributed by atoms with Crippen LogP contribution < -0.4 is 10.6 Å². The monoisotopic (exact) mass is 573 g/mol. The lowest BCUT2D eigenvalue weighted by Gasteiger charge is -2.12. The number of rotatable bonds is 9. The topological polar surface area (TPSA) is 63.5 Å². The quantitative estimate of drug-likeness (QED) is 0.219. The van der Waals surface area contributed by atoms with Gasteiger partial charge in [-0.15, -0.1) is 24.0 Å². The molecule has 3 aromatic rings. The molecule has 2 aromatic carbocycles. The first-order valence-corrected chi connectivity index (χ1v) is 10.3. The average molecular weight is 573 g/mol. The first kappa shape index (κ1) is 26.7. The molecular weight excluding hydrogens is 546 g/mol. The Labute approximate surface area is 208 Å². The summed E-state index contributed by atoms with van der Waals surface area (Å²) in [5.41, 5.74) is 3.73. The predicted molar refractivity (Wildman–Crippen MR) is 133 cm³/mol. The third kappa shape index (κ3) is 9.42. The van der Waals surface area contributed by atoms with Crippen LogP contribution in [0.15, 0.2) is 72.0 Å². The highest BCUT2D eigenvalue weighted by molar-refractivity contribution is 14.0. The third-order valence-electron chi connectivity index (χ3n) is 4.49. The molecule has 3 rings (SSSR count). The second-order valence-electron chi connectivity index (χ2n) is 7.09. The molecule has 0 aliphatic rings. The average Bonchev–Trinajstić information content (AvgIpc) is 3.31. The molecule has 10 heteroatoms. The number of nitrogens with zero attached hydrogens (tertiary/aromatic N) is 3. The van der Waals surface area contributed by atoms with Gasteiger partial charge in [-0.2, -0.15) is 18.3 Å². The number of benzene rings is 2. The third-order valence-corrected chi connectivity index (χ3v) is 4.49. The van der Waals surface area contributed by atoms with Crippen LogP contribution in [0.5, 0.6) is 0 Å². The van der Waals surface area contributed by atoms with E-state index in [1.807, 2.05) is 55.6 Å². The molecule has 0 atom stereocenters. The Kier molecular flexibility index (Phi) is 10.7. The van der Waals surface area contributed by atoms with E-state index in [0.717, 1.165) is 23.4 Å². The molecule has 0 unspecified atom stereocenters. The zero-order chi connectivity index (χ0) is 22.8. The van der Waals surface area contributed by atoms with Gasteiger partial charge in [0.15, 0.2) is 5.96 Å². The van der Waals surface area contributed by atoms with Gasteiger partial charge in [0.25, 0.3) is 0 Å². The van der Waals surface area contributed by atoms with Crippen molar-refractivity contribution >= 4 is 29.9 Å². The van der Waals surface area contributed by atoms with E-state index in [9.17, 15) is 13.2 Å². The summed E-state index contributed by atoms with van der Waals surface area (Å²) in [6, 6.07) is 17.1. The second-order valence-corrected chi connectivity index (χ2v) is 7.09. The standard InChI is InChI=1S/C23H26F3N5O.HI/c1-2-27-22(29-15-19-8-10-21(11-9-19)31-13-3-12-30-31)28-14-18-4-6-20(7-5-18)16-32-17-23(24,25)26;/h3-13H,2,14-17H2,1H3,(H2,27,28,29);1H. The fourth-order valence-corrected chi connectivity index (χ4v) is 2.91. The highest BCUT2D eigenvalue weighted by Gasteiger charge is 2.27. The minimum Gasteiger partial charge on any atom is -0.367 e. The van der Waals surface area contributed by atoms with E-state index in [-0.39, 0.29) is 30.6 Å². The Morgan fingerprint density at radius 3 is 2.27 bits per heavy atom. The summed E-state index contributed by atoms with van der Waals surface area (Å²) >= 11 is 0. The normalized spacial score (nSPS) is 11.7. The van der Waals surface area contributed by atoms with Crippen molar-refractivity contribution in [2.75, 3.05) is 13.2 Å². The Hall–Kier alpha value is -2.60. The van der Waals surface area contributed by atoms with Gasteiger partial charge in [0.1, 0.15) is 6.61 Å². The highest BCUT2D eigenvalue weighted by atomic mass is 127. The number of alkyl halides is 3. The molecular formula is C23H27F3IN5O. The molecule has 0 amide bonds. The van der Waals surface area contributed by atoms with Gasteiger partial charge < -0.3 is 15.4 Å². The largest absolute Gasteiger partial charge is 0.411 e. The minimum atomic E-state index is -4.31. The van der Waals surface area contributed by atoms with Crippen LogP contribution in [-0.4, -0.2) is 35.1 Å². The van der Waals surface area contributed by atoms with Crippen LogP contribution in [0.2, 0.25) is 0 Å². The first-order valence-electron chi connectivity index (χ1n) is 10.3. The van der Waals surface area contributed by atoms with Gasteiger partial charge in [-0.3, -0.25) is 0 Å². The molecule has 0 fully saturated rings. The van der Waals surface area contributed by atoms with Crippen LogP contribution in [0.4, 0.5) is 13.2 Å². The van der Waals surface area contributed by atoms with Crippen molar-refractivity contribution in [1.29, 1.82) is 0 Å². The van der Waals surface area contributed by atoms with E-state index in [4.69, 9.17) is 0 Å². The van der Waals surface area contributed by atoms with Gasteiger partial charge in [-0.25, -0.2) is 9.67 Å². The van der Waals surface area contributed by atoms with Gasteiger partial charge in [-0.1, -0.05) is 36.4 Å². The minimum absolute atomic E-state index is 0. The number of hydrogen-bond acceptors (Lipinski definition) is 3. The first-order chi connectivity index (χ1) is 15.4. The number of aliphatic imine (C=N–C) groups is 1. The summed E-state index contributed by atoms with van der Waals surface area (Å²) < 4.78 is 42.9. The zero-order valence-electron chi connectivity index (χ0n) is 18.2. The van der Waals surface area contributed by atoms with Crippen LogP contribution >= 0.6 is 24.0 Å². The Balaban J connectivity index is 0.00000385. The number of aromatic nitrogens is 2. The van der Waals surface area contributed by atoms with E-state index < -0.39 is 12.8 Å². The second kappa shape index (κ2) is 13.2. The lowest BCUT2D eigenvalue weighted by Crippen LogP contribution is -2.36. The van der Waals surface area contributed by atoms with E-state index >= 15 is 0 Å². The van der Waals surface area contributed by atoms with Crippen LogP contribution in [0.1, 0.15) is 23.6 Å². The number of nitrogens with one attached hydrogen (secondary N) is 2. The molecule has 0 spiro atoms. The van der Waals surface area contributed by atoms with Crippen molar-refractivity contribution in [2.45, 2.75) is 32.8 Å². The van der Waals surface area contributed by atoms with Crippen molar-refractivity contribution in [1.82, 2.24) is 20.4 Å². The van der Waals surface area contributed by atoms with Crippen LogP contribution in [0.25, 0.3) is 5.69 Å². The van der Waals surface area contributed by atoms with E-state index in [2.05, 4.69) is 25.5 Å². The number of guanidine groups is 1. The molecule has 0 aliphatic carbocycles. The zero-order valence-corrected chi connectivity index (χ0v) is 20.5. The van der Waals surface area contributed by atoms with Gasteiger partial charge in [0.2, 0.25) is 0 Å². The SMILES string of the molecule is CCNC(=NCc1ccc(-n2cccn2)cc1)NCc1ccc(COCC(F)(F)F)cc1.I. The number of hydrogen-bond donors (Lipinski definition) is 2. The molecule has 2 N–H and O–H groups in total. The smallest absolute Gasteiger partial charge is 0.367 e. The summed E-state index contributed by atoms with van der Waals surface area (Å²) in [5, 5.41) is 10.7. The Morgan fingerprint density at radius 1 is 1.00 bits per heavy atom. The maximum Gasteiger partial charge on any atom is 0.411 e. The summed E-state index contributed by atoms with van der Waals surface area (Å²) in [4.78, 5) is 4.62. The van der Waals surface area contributed by atoms with Crippen molar-refractivity contribution < 1.29 is 17.9 Å². The molecule has 0 aliphatic heterocycles. The van der Waals surface area contributed by atoms with Gasteiger partial charge in [0, 0.05) is 25.5 Å². The summed E-state index contributed by atoms with van der Waals surface area (Å²) in [5.74, 6) is 0.682. The van der Waals surface area contributed by atoms with E-state index in [1.54, 1.807) is 23.0 Å². The van der Waals surface area contributed by atoms with Gasteiger partial charge in [0.05, 0.1) is 18.8 Å². The lowest BCUT2D eigenvalue weighted by molar-refractivity contribution is -0.176. The lowest BCUT2D eigenvalue weighted by atomic mass is 10.1. The maximum atomic E-state index is 12.2. The van der Waals surface area contributed by atoms with Crippen molar-refractivity contribution in [3.63, 3.8) is 0 Å². The van der Waals surface area contributed by atoms with Gasteiger partial charge >= 0.3 is 6.18 Å². The Morgan fingerprint density at radius 2 is 1.67 bits per heavy atom. The molecule has 0 radical (unpaired) electrons. The van der Waals surface area contributed by atoms with Crippen molar-refractivity contribution in [3.05, 3.63) is 83.7 Å². The molecule has 0 bridgehead atoms. The molecule has 0 saturated carbocycles. The molecule has 178 valence electrons.